The van der Waals surface area contributed by atoms with Crippen molar-refractivity contribution in [3.63, 3.8) is 0 Å². The van der Waals surface area contributed by atoms with Crippen molar-refractivity contribution < 1.29 is 32.6 Å². The molecule has 170 valence electrons. The Hall–Kier alpha value is -2.02. The van der Waals surface area contributed by atoms with Crippen LogP contribution in [0.5, 0.6) is 0 Å². The molecule has 2 aliphatic heterocycles. The van der Waals surface area contributed by atoms with Crippen molar-refractivity contribution in [2.24, 2.45) is 5.41 Å². The molecular weight excluding hydrogens is 455 g/mol. The molecule has 0 bridgehead atoms. The summed E-state index contributed by atoms with van der Waals surface area (Å²) in [4.78, 5) is 31.3. The second-order valence-electron chi connectivity index (χ2n) is 7.45. The number of rotatable bonds is 3. The Morgan fingerprint density at radius 2 is 2.00 bits per heavy atom. The van der Waals surface area contributed by atoms with Gasteiger partial charge in [0.2, 0.25) is 0 Å². The zero-order chi connectivity index (χ0) is 22.5. The predicted molar refractivity (Wildman–Crippen MR) is 109 cm³/mol. The Bertz CT molecular complexity index is 861. The molecule has 1 unspecified atom stereocenters. The van der Waals surface area contributed by atoms with E-state index in [1.807, 2.05) is 34.0 Å². The summed E-state index contributed by atoms with van der Waals surface area (Å²) in [6.07, 6.45) is -2.14. The highest BCUT2D eigenvalue weighted by Crippen LogP contribution is 2.35. The van der Waals surface area contributed by atoms with Gasteiger partial charge in [-0.1, -0.05) is 6.07 Å². The van der Waals surface area contributed by atoms with Crippen LogP contribution in [-0.4, -0.2) is 77.3 Å². The number of thiophene rings is 1. The van der Waals surface area contributed by atoms with E-state index in [1.54, 1.807) is 11.3 Å². The molecule has 4 rings (SSSR count). The molecule has 2 fully saturated rings. The number of carboxylic acid groups (broad SMARTS) is 1. The number of aromatic nitrogens is 1. The van der Waals surface area contributed by atoms with Crippen molar-refractivity contribution in [1.82, 2.24) is 14.8 Å². The third-order valence-electron chi connectivity index (χ3n) is 5.06. The molecule has 0 aliphatic carbocycles. The highest BCUT2D eigenvalue weighted by atomic mass is 32.1. The van der Waals surface area contributed by atoms with Gasteiger partial charge in [-0.3, -0.25) is 9.69 Å². The molecule has 0 saturated carbocycles. The second kappa shape index (κ2) is 10.1. The fraction of sp³-hybridized carbons (Fsp3) is 0.526. The normalized spacial score (nSPS) is 22.1. The Morgan fingerprint density at radius 3 is 2.61 bits per heavy atom. The van der Waals surface area contributed by atoms with Gasteiger partial charge in [0, 0.05) is 36.6 Å². The molecule has 0 radical (unpaired) electrons. The number of nitrogens with zero attached hydrogens (tertiary/aromatic N) is 3. The van der Waals surface area contributed by atoms with E-state index in [-0.39, 0.29) is 11.3 Å². The molecule has 1 atom stereocenters. The molecule has 1 N–H and O–H groups in total. The second-order valence-corrected chi connectivity index (χ2v) is 9.37. The van der Waals surface area contributed by atoms with E-state index in [9.17, 15) is 18.0 Å². The van der Waals surface area contributed by atoms with E-state index in [2.05, 4.69) is 9.88 Å². The van der Waals surface area contributed by atoms with Crippen LogP contribution in [0.25, 0.3) is 0 Å². The van der Waals surface area contributed by atoms with Gasteiger partial charge in [0.1, 0.15) is 5.01 Å². The van der Waals surface area contributed by atoms with Gasteiger partial charge in [-0.05, 0) is 24.4 Å². The molecule has 31 heavy (non-hydrogen) atoms. The quantitative estimate of drug-likeness (QED) is 0.731. The van der Waals surface area contributed by atoms with Crippen LogP contribution in [0.4, 0.5) is 13.2 Å². The van der Waals surface area contributed by atoms with Crippen LogP contribution >= 0.6 is 22.7 Å². The molecule has 2 aromatic rings. The minimum atomic E-state index is -5.08. The first kappa shape index (κ1) is 23.6. The van der Waals surface area contributed by atoms with E-state index in [1.165, 1.54) is 11.3 Å². The first-order valence-electron chi connectivity index (χ1n) is 9.50. The van der Waals surface area contributed by atoms with Gasteiger partial charge in [-0.2, -0.15) is 13.2 Å². The van der Waals surface area contributed by atoms with Gasteiger partial charge in [-0.15, -0.1) is 22.7 Å². The molecule has 12 heteroatoms. The lowest BCUT2D eigenvalue weighted by atomic mass is 9.87. The SMILES string of the molecule is O=C(O)C(F)(F)F.O=C(c1cccs1)N1CCOCC2(CCN(Cc3nccs3)C2)C1. The van der Waals surface area contributed by atoms with Gasteiger partial charge >= 0.3 is 12.1 Å². The number of ether oxygens (including phenoxy) is 1. The maximum absolute atomic E-state index is 12.8. The number of carboxylic acids is 1. The molecule has 4 heterocycles. The van der Waals surface area contributed by atoms with Gasteiger partial charge in [0.05, 0.1) is 24.6 Å². The van der Waals surface area contributed by atoms with Crippen molar-refractivity contribution in [3.05, 3.63) is 39.0 Å². The number of aliphatic carboxylic acids is 1. The molecular formula is C19H22F3N3O4S2. The minimum Gasteiger partial charge on any atom is -0.475 e. The lowest BCUT2D eigenvalue weighted by Gasteiger charge is -2.31. The largest absolute Gasteiger partial charge is 0.490 e. The molecule has 2 aliphatic rings. The van der Waals surface area contributed by atoms with Crippen molar-refractivity contribution in [1.29, 1.82) is 0 Å². The standard InChI is InChI=1S/C17H21N3O2S2.C2HF3O2/c21-16(14-2-1-8-23-14)20-6-7-22-13-17(12-20)3-5-19(11-17)10-15-18-4-9-24-15;3-2(4,5)1(6)7/h1-2,4,8-9H,3,5-7,10-13H2;(H,6,7). The van der Waals surface area contributed by atoms with Gasteiger partial charge in [0.15, 0.2) is 0 Å². The van der Waals surface area contributed by atoms with Gasteiger partial charge in [-0.25, -0.2) is 9.78 Å². The Labute approximate surface area is 185 Å². The third-order valence-corrected chi connectivity index (χ3v) is 6.68. The van der Waals surface area contributed by atoms with Gasteiger partial charge < -0.3 is 14.7 Å². The zero-order valence-electron chi connectivity index (χ0n) is 16.5. The Morgan fingerprint density at radius 1 is 1.23 bits per heavy atom. The molecule has 1 spiro atoms. The fourth-order valence-corrected chi connectivity index (χ4v) is 5.00. The first-order valence-corrected chi connectivity index (χ1v) is 11.3. The Balaban J connectivity index is 0.000000339. The molecule has 1 amide bonds. The van der Waals surface area contributed by atoms with Crippen molar-refractivity contribution >= 4 is 34.6 Å². The molecule has 7 nitrogen and oxygen atoms in total. The maximum Gasteiger partial charge on any atom is 0.490 e. The van der Waals surface area contributed by atoms with E-state index in [0.29, 0.717) is 13.2 Å². The van der Waals surface area contributed by atoms with E-state index in [0.717, 1.165) is 49.1 Å². The van der Waals surface area contributed by atoms with Crippen LogP contribution in [0, 0.1) is 5.41 Å². The summed E-state index contributed by atoms with van der Waals surface area (Å²) in [6, 6.07) is 3.85. The number of carbonyl (C=O) groups excluding carboxylic acids is 1. The van der Waals surface area contributed by atoms with E-state index < -0.39 is 12.1 Å². The fourth-order valence-electron chi connectivity index (χ4n) is 3.65. The first-order chi connectivity index (χ1) is 14.7. The van der Waals surface area contributed by atoms with E-state index in [4.69, 9.17) is 14.6 Å². The smallest absolute Gasteiger partial charge is 0.475 e. The lowest BCUT2D eigenvalue weighted by Crippen LogP contribution is -2.43. The van der Waals surface area contributed by atoms with Crippen LogP contribution in [-0.2, 0) is 16.1 Å². The average molecular weight is 478 g/mol. The van der Waals surface area contributed by atoms with Crippen LogP contribution in [0.2, 0.25) is 0 Å². The van der Waals surface area contributed by atoms with Gasteiger partial charge in [0.25, 0.3) is 5.91 Å². The maximum atomic E-state index is 12.8. The van der Waals surface area contributed by atoms with Crippen LogP contribution in [0.3, 0.4) is 0 Å². The van der Waals surface area contributed by atoms with Crippen molar-refractivity contribution in [2.75, 3.05) is 39.4 Å². The highest BCUT2D eigenvalue weighted by Gasteiger charge is 2.42. The number of carbonyl (C=O) groups is 2. The number of alkyl halides is 3. The van der Waals surface area contributed by atoms with Crippen molar-refractivity contribution in [3.8, 4) is 0 Å². The summed E-state index contributed by atoms with van der Waals surface area (Å²) in [5.74, 6) is -2.61. The van der Waals surface area contributed by atoms with E-state index >= 15 is 0 Å². The number of halogens is 3. The minimum absolute atomic E-state index is 0.0562. The topological polar surface area (TPSA) is 83.0 Å². The van der Waals surface area contributed by atoms with Crippen LogP contribution in [0.15, 0.2) is 29.1 Å². The Kier molecular flexibility index (Phi) is 7.68. The monoisotopic (exact) mass is 477 g/mol. The number of hydrogen-bond acceptors (Lipinski definition) is 7. The summed E-state index contributed by atoms with van der Waals surface area (Å²) in [5.41, 5.74) is 0.0562. The lowest BCUT2D eigenvalue weighted by molar-refractivity contribution is -0.192. The third kappa shape index (κ3) is 6.48. The summed E-state index contributed by atoms with van der Waals surface area (Å²) < 4.78 is 37.6. The van der Waals surface area contributed by atoms with Crippen LogP contribution in [0.1, 0.15) is 21.1 Å². The number of amides is 1. The van der Waals surface area contributed by atoms with Crippen molar-refractivity contribution in [2.45, 2.75) is 19.1 Å². The molecule has 0 aromatic carbocycles. The number of likely N-dealkylation sites (tertiary alicyclic amines) is 1. The average Bonchev–Trinajstić information content (AvgIpc) is 3.44. The van der Waals surface area contributed by atoms with Crippen LogP contribution < -0.4 is 0 Å². The molecule has 2 aromatic heterocycles. The summed E-state index contributed by atoms with van der Waals surface area (Å²) in [5, 5.41) is 12.3. The summed E-state index contributed by atoms with van der Waals surface area (Å²) in [7, 11) is 0. The summed E-state index contributed by atoms with van der Waals surface area (Å²) in [6.45, 7) is 5.77. The summed E-state index contributed by atoms with van der Waals surface area (Å²) >= 11 is 3.22. The predicted octanol–water partition coefficient (Wildman–Crippen LogP) is 3.20. The number of thiazole rings is 1. The number of hydrogen-bond donors (Lipinski definition) is 1. The highest BCUT2D eigenvalue weighted by molar-refractivity contribution is 7.12. The molecule has 2 saturated heterocycles. The zero-order valence-corrected chi connectivity index (χ0v) is 18.1.